The Labute approximate surface area is 195 Å². The maximum Gasteiger partial charge on any atom is 0.249 e. The molecule has 7 heteroatoms. The van der Waals surface area contributed by atoms with E-state index in [4.69, 9.17) is 10.7 Å². The molecule has 2 aromatic heterocycles. The largest absolute Gasteiger partial charge is 0.366 e. The second-order valence-corrected chi connectivity index (χ2v) is 9.02. The molecule has 0 aliphatic carbocycles. The minimum absolute atomic E-state index is 0.435. The number of benzene rings is 3. The number of fused-ring (bicyclic) bond motifs is 3. The number of primary amides is 1. The van der Waals surface area contributed by atoms with Gasteiger partial charge in [0.2, 0.25) is 5.91 Å². The number of nitrogens with two attached hydrogens (primary N) is 1. The fourth-order valence-corrected chi connectivity index (χ4v) is 5.22. The van der Waals surface area contributed by atoms with Crippen molar-refractivity contribution in [3.8, 4) is 22.3 Å². The number of nitrogens with zero attached hydrogens (tertiary/aromatic N) is 4. The number of hydrogen-bond donors (Lipinski definition) is 2. The summed E-state index contributed by atoms with van der Waals surface area (Å²) in [5, 5.41) is 9.81. The van der Waals surface area contributed by atoms with Crippen LogP contribution >= 0.6 is 0 Å². The second-order valence-electron chi connectivity index (χ2n) is 9.02. The second kappa shape index (κ2) is 7.13. The van der Waals surface area contributed by atoms with Gasteiger partial charge in [-0.15, -0.1) is 0 Å². The van der Waals surface area contributed by atoms with E-state index in [0.717, 1.165) is 51.8 Å². The summed E-state index contributed by atoms with van der Waals surface area (Å²) in [5.41, 5.74) is 12.1. The third kappa shape index (κ3) is 2.77. The van der Waals surface area contributed by atoms with Crippen molar-refractivity contribution in [3.63, 3.8) is 0 Å². The summed E-state index contributed by atoms with van der Waals surface area (Å²) >= 11 is 0. The van der Waals surface area contributed by atoms with Crippen LogP contribution in [0.4, 0.5) is 5.69 Å². The molecule has 1 unspecified atom stereocenters. The van der Waals surface area contributed by atoms with Gasteiger partial charge in [0.25, 0.3) is 0 Å². The summed E-state index contributed by atoms with van der Waals surface area (Å²) in [6, 6.07) is 21.5. The lowest BCUT2D eigenvalue weighted by Crippen LogP contribution is -2.78. The number of aromatic nitrogens is 3. The van der Waals surface area contributed by atoms with Crippen LogP contribution in [-0.2, 0) is 0 Å². The van der Waals surface area contributed by atoms with Crippen molar-refractivity contribution in [2.75, 3.05) is 18.0 Å². The maximum atomic E-state index is 11.9. The lowest BCUT2D eigenvalue weighted by Gasteiger charge is -2.57. The van der Waals surface area contributed by atoms with Crippen molar-refractivity contribution < 1.29 is 4.79 Å². The normalized spacial score (nSPS) is 19.0. The molecule has 0 radical (unpaired) electrons. The Morgan fingerprint density at radius 2 is 1.76 bits per heavy atom. The summed E-state index contributed by atoms with van der Waals surface area (Å²) in [6.45, 7) is 2.16. The van der Waals surface area contributed by atoms with Gasteiger partial charge < -0.3 is 16.0 Å². The molecule has 2 fully saturated rings. The summed E-state index contributed by atoms with van der Waals surface area (Å²) in [7, 11) is 0. The van der Waals surface area contributed by atoms with Gasteiger partial charge in [-0.2, -0.15) is 5.10 Å². The van der Waals surface area contributed by atoms with E-state index in [2.05, 4.69) is 39.6 Å². The highest BCUT2D eigenvalue weighted by atomic mass is 16.1. The zero-order valence-electron chi connectivity index (χ0n) is 18.3. The number of amides is 1. The van der Waals surface area contributed by atoms with E-state index in [1.54, 1.807) is 6.07 Å². The first-order valence-corrected chi connectivity index (χ1v) is 11.4. The van der Waals surface area contributed by atoms with Crippen molar-refractivity contribution in [1.29, 1.82) is 0 Å². The number of carbonyl (C=O) groups is 1. The average Bonchev–Trinajstić information content (AvgIpc) is 3.28. The van der Waals surface area contributed by atoms with Crippen molar-refractivity contribution >= 4 is 28.0 Å². The van der Waals surface area contributed by atoms with Crippen molar-refractivity contribution in [2.45, 2.75) is 12.1 Å². The molecule has 3 N–H and O–H groups in total. The zero-order chi connectivity index (χ0) is 22.8. The first kappa shape index (κ1) is 19.3. The topological polar surface area (TPSA) is 88.5 Å². The molecule has 3 aromatic carbocycles. The molecule has 166 valence electrons. The van der Waals surface area contributed by atoms with Crippen LogP contribution in [0, 0.1) is 0 Å². The van der Waals surface area contributed by atoms with Gasteiger partial charge in [-0.1, -0.05) is 42.5 Å². The van der Waals surface area contributed by atoms with Crippen LogP contribution in [-0.4, -0.2) is 45.7 Å². The van der Waals surface area contributed by atoms with E-state index in [9.17, 15) is 4.79 Å². The molecule has 34 heavy (non-hydrogen) atoms. The smallest absolute Gasteiger partial charge is 0.249 e. The highest BCUT2D eigenvalue weighted by molar-refractivity contribution is 6.11. The molecular weight excluding hydrogens is 424 g/mol. The predicted octanol–water partition coefficient (Wildman–Crippen LogP) is 3.48. The molecule has 2 atom stereocenters. The number of rotatable bonds is 4. The van der Waals surface area contributed by atoms with Gasteiger partial charge in [0.05, 0.1) is 12.2 Å². The molecular formula is C27H22N6O. The van der Waals surface area contributed by atoms with Crippen LogP contribution in [0.3, 0.4) is 0 Å². The molecule has 7 rings (SSSR count). The molecule has 1 amide bonds. The van der Waals surface area contributed by atoms with E-state index in [-0.39, 0.29) is 0 Å². The van der Waals surface area contributed by atoms with Crippen LogP contribution in [0.25, 0.3) is 38.7 Å². The van der Waals surface area contributed by atoms with Gasteiger partial charge in [-0.25, -0.2) is 9.50 Å². The van der Waals surface area contributed by atoms with Gasteiger partial charge in [0, 0.05) is 53.9 Å². The van der Waals surface area contributed by atoms with Gasteiger partial charge in [0.1, 0.15) is 0 Å². The minimum Gasteiger partial charge on any atom is -0.366 e. The van der Waals surface area contributed by atoms with Crippen LogP contribution in [0.5, 0.6) is 0 Å². The van der Waals surface area contributed by atoms with E-state index < -0.39 is 5.91 Å². The number of carbonyl (C=O) groups excluding carboxylic acids is 1. The van der Waals surface area contributed by atoms with Gasteiger partial charge in [0.15, 0.2) is 5.65 Å². The summed E-state index contributed by atoms with van der Waals surface area (Å²) in [5.74, 6) is -0.435. The molecule has 2 aliphatic rings. The van der Waals surface area contributed by atoms with Crippen LogP contribution < -0.4 is 16.0 Å². The fraction of sp³-hybridized carbons (Fsp3) is 0.148. The van der Waals surface area contributed by atoms with E-state index in [1.165, 1.54) is 5.69 Å². The summed E-state index contributed by atoms with van der Waals surface area (Å²) in [6.07, 6.45) is 5.73. The Balaban J connectivity index is 1.25. The lowest BCUT2D eigenvalue weighted by atomic mass is 9.88. The third-order valence-corrected chi connectivity index (χ3v) is 7.22. The van der Waals surface area contributed by atoms with Crippen LogP contribution in [0.15, 0.2) is 79.3 Å². The third-order valence-electron chi connectivity index (χ3n) is 7.22. The molecule has 2 saturated heterocycles. The Kier molecular flexibility index (Phi) is 4.04. The monoisotopic (exact) mass is 446 g/mol. The Morgan fingerprint density at radius 1 is 0.941 bits per heavy atom. The number of anilines is 1. The van der Waals surface area contributed by atoms with Crippen molar-refractivity contribution in [1.82, 2.24) is 19.9 Å². The zero-order valence-corrected chi connectivity index (χ0v) is 18.3. The Hall–Kier alpha value is -4.23. The van der Waals surface area contributed by atoms with Gasteiger partial charge >= 0.3 is 0 Å². The molecule has 7 nitrogen and oxygen atoms in total. The van der Waals surface area contributed by atoms with Crippen molar-refractivity contribution in [2.24, 2.45) is 5.73 Å². The molecule has 2 aliphatic heterocycles. The maximum absolute atomic E-state index is 11.9. The van der Waals surface area contributed by atoms with Gasteiger partial charge in [-0.05, 0) is 40.1 Å². The first-order valence-electron chi connectivity index (χ1n) is 11.4. The standard InChI is InChI=1S/C27H22N6O/c28-26(34)22-10-9-21(19-3-1-2-4-20(19)22)23-12-31-33-14-17(11-30-27(23)33)16-5-7-18(8-6-16)32-15-24-25(32)13-29-24/h1-12,14,24-25,29H,13,15H2,(H2,28,34)/t24-,25?/m1/s1. The number of hydrogen-bond acceptors (Lipinski definition) is 5. The predicted molar refractivity (Wildman–Crippen MR) is 133 cm³/mol. The van der Waals surface area contributed by atoms with Crippen LogP contribution in [0.1, 0.15) is 10.4 Å². The first-order chi connectivity index (χ1) is 16.7. The molecule has 4 heterocycles. The molecule has 5 aromatic rings. The fourth-order valence-electron chi connectivity index (χ4n) is 5.22. The molecule has 0 bridgehead atoms. The molecule has 0 saturated carbocycles. The van der Waals surface area contributed by atoms with Gasteiger partial charge in [-0.3, -0.25) is 4.79 Å². The summed E-state index contributed by atoms with van der Waals surface area (Å²) in [4.78, 5) is 19.1. The number of piperazine rings is 1. The highest BCUT2D eigenvalue weighted by Gasteiger charge is 2.45. The van der Waals surface area contributed by atoms with Crippen molar-refractivity contribution in [3.05, 3.63) is 84.8 Å². The van der Waals surface area contributed by atoms with Crippen LogP contribution in [0.2, 0.25) is 0 Å². The quantitative estimate of drug-likeness (QED) is 0.441. The Morgan fingerprint density at radius 3 is 2.47 bits per heavy atom. The Bertz CT molecular complexity index is 1590. The van der Waals surface area contributed by atoms with E-state index in [1.807, 2.05) is 53.4 Å². The molecule has 0 spiro atoms. The SMILES string of the molecule is NC(=O)c1ccc(-c2cnn3cc(-c4ccc(N5C[C@H]6NCC65)cc4)cnc23)c2ccccc12. The minimum atomic E-state index is -0.435. The van der Waals surface area contributed by atoms with E-state index in [0.29, 0.717) is 17.6 Å². The average molecular weight is 447 g/mol. The van der Waals surface area contributed by atoms with E-state index >= 15 is 0 Å². The highest BCUT2D eigenvalue weighted by Crippen LogP contribution is 2.34. The number of nitrogens with one attached hydrogen (secondary N) is 1. The summed E-state index contributed by atoms with van der Waals surface area (Å²) < 4.78 is 1.81. The lowest BCUT2D eigenvalue weighted by molar-refractivity contribution is 0.100.